The van der Waals surface area contributed by atoms with Crippen LogP contribution < -0.4 is 15.0 Å². The molecular formula is C51H44N2Si. The number of allylic oxidation sites excluding steroid dienone is 4. The van der Waals surface area contributed by atoms with Gasteiger partial charge >= 0.3 is 0 Å². The molecule has 0 saturated heterocycles. The number of rotatable bonds is 4. The minimum absolute atomic E-state index is 0.127. The molecule has 6 aromatic rings. The highest BCUT2D eigenvalue weighted by Crippen LogP contribution is 2.52. The van der Waals surface area contributed by atoms with Gasteiger partial charge < -0.3 is 9.80 Å². The first-order valence-electron chi connectivity index (χ1n) is 19.3. The Balaban J connectivity index is 0.943. The lowest BCUT2D eigenvalue weighted by Gasteiger charge is -2.34. The van der Waals surface area contributed by atoms with Crippen molar-refractivity contribution in [3.8, 4) is 11.1 Å². The second-order valence-electron chi connectivity index (χ2n) is 16.2. The molecule has 1 unspecified atom stereocenters. The smallest absolute Gasteiger partial charge is 0.114 e. The zero-order chi connectivity index (χ0) is 36.6. The van der Waals surface area contributed by atoms with Crippen LogP contribution in [0.15, 0.2) is 169 Å². The van der Waals surface area contributed by atoms with Crippen LogP contribution in [0.5, 0.6) is 0 Å². The summed E-state index contributed by atoms with van der Waals surface area (Å²) in [5.74, 6) is 0. The van der Waals surface area contributed by atoms with Crippen LogP contribution in [-0.4, -0.2) is 14.1 Å². The molecule has 2 bridgehead atoms. The van der Waals surface area contributed by atoms with E-state index in [1.54, 1.807) is 0 Å². The molecule has 1 atom stereocenters. The molecule has 0 fully saturated rings. The highest BCUT2D eigenvalue weighted by atomic mass is 28.3. The van der Waals surface area contributed by atoms with Gasteiger partial charge in [-0.1, -0.05) is 166 Å². The van der Waals surface area contributed by atoms with Crippen molar-refractivity contribution in [1.29, 1.82) is 0 Å². The van der Waals surface area contributed by atoms with Gasteiger partial charge in [0.2, 0.25) is 0 Å². The molecule has 2 nitrogen and oxygen atoms in total. The Morgan fingerprint density at radius 1 is 0.611 bits per heavy atom. The van der Waals surface area contributed by atoms with Gasteiger partial charge in [0.15, 0.2) is 0 Å². The Labute approximate surface area is 320 Å². The quantitative estimate of drug-likeness (QED) is 0.132. The van der Waals surface area contributed by atoms with E-state index >= 15 is 0 Å². The van der Waals surface area contributed by atoms with Crippen molar-refractivity contribution in [2.75, 3.05) is 9.80 Å². The molecule has 6 aromatic carbocycles. The average Bonchev–Trinajstić information content (AvgIpc) is 3.36. The molecular weight excluding hydrogens is 669 g/mol. The van der Waals surface area contributed by atoms with Gasteiger partial charge in [-0.2, -0.15) is 0 Å². The molecule has 0 aromatic heterocycles. The summed E-state index contributed by atoms with van der Waals surface area (Å²) in [6.07, 6.45) is 17.1. The van der Waals surface area contributed by atoms with E-state index in [1.807, 2.05) is 0 Å². The number of fused-ring (bicyclic) bond motifs is 7. The van der Waals surface area contributed by atoms with E-state index in [4.69, 9.17) is 0 Å². The van der Waals surface area contributed by atoms with Gasteiger partial charge in [0, 0.05) is 40.3 Å². The predicted molar refractivity (Wildman–Crippen MR) is 233 cm³/mol. The molecule has 0 saturated carbocycles. The molecule has 4 aliphatic rings. The van der Waals surface area contributed by atoms with Gasteiger partial charge in [-0.05, 0) is 92.2 Å². The molecule has 3 heteroatoms. The van der Waals surface area contributed by atoms with Crippen molar-refractivity contribution in [2.45, 2.75) is 44.8 Å². The van der Waals surface area contributed by atoms with Gasteiger partial charge in [0.05, 0.1) is 6.04 Å². The van der Waals surface area contributed by atoms with Crippen LogP contribution in [0.3, 0.4) is 0 Å². The van der Waals surface area contributed by atoms with Gasteiger partial charge in [-0.25, -0.2) is 0 Å². The molecule has 0 radical (unpaired) electrons. The highest BCUT2D eigenvalue weighted by molar-refractivity contribution is 6.97. The minimum atomic E-state index is -1.85. The zero-order valence-corrected chi connectivity index (χ0v) is 32.4. The summed E-state index contributed by atoms with van der Waals surface area (Å²) in [4.78, 5) is 4.97. The maximum atomic E-state index is 2.52. The Morgan fingerprint density at radius 3 is 1.94 bits per heavy atom. The Kier molecular flexibility index (Phi) is 7.47. The number of anilines is 5. The normalized spacial score (nSPS) is 18.2. The van der Waals surface area contributed by atoms with Gasteiger partial charge in [0.25, 0.3) is 0 Å². The van der Waals surface area contributed by atoms with Crippen LogP contribution in [0, 0.1) is 0 Å². The van der Waals surface area contributed by atoms with Crippen LogP contribution in [-0.2, 0) is 11.8 Å². The van der Waals surface area contributed by atoms with Crippen molar-refractivity contribution >= 4 is 53.8 Å². The van der Waals surface area contributed by atoms with E-state index in [1.165, 1.54) is 83.3 Å². The van der Waals surface area contributed by atoms with E-state index in [-0.39, 0.29) is 11.5 Å². The van der Waals surface area contributed by atoms with Crippen LogP contribution in [0.4, 0.5) is 28.4 Å². The number of hydrogen-bond acceptors (Lipinski definition) is 2. The van der Waals surface area contributed by atoms with E-state index in [0.717, 1.165) is 6.42 Å². The number of para-hydroxylation sites is 3. The summed E-state index contributed by atoms with van der Waals surface area (Å²) in [5.41, 5.74) is 16.8. The van der Waals surface area contributed by atoms with E-state index in [0.29, 0.717) is 0 Å². The highest BCUT2D eigenvalue weighted by Gasteiger charge is 2.38. The minimum Gasteiger partial charge on any atom is -0.331 e. The number of benzene rings is 6. The Bertz CT molecular complexity index is 2550. The Hall–Kier alpha value is -5.90. The zero-order valence-electron chi connectivity index (χ0n) is 31.4. The summed E-state index contributed by atoms with van der Waals surface area (Å²) in [5, 5.41) is 2.98. The first-order chi connectivity index (χ1) is 26.3. The van der Waals surface area contributed by atoms with Crippen molar-refractivity contribution in [3.05, 3.63) is 202 Å². The summed E-state index contributed by atoms with van der Waals surface area (Å²) < 4.78 is 0. The molecule has 10 rings (SSSR count). The maximum absolute atomic E-state index is 2.52. The molecule has 2 aliphatic heterocycles. The van der Waals surface area contributed by atoms with Crippen LogP contribution in [0.1, 0.15) is 47.2 Å². The number of hydrogen-bond donors (Lipinski definition) is 0. The third-order valence-electron chi connectivity index (χ3n) is 12.3. The van der Waals surface area contributed by atoms with E-state index in [2.05, 4.69) is 213 Å². The summed E-state index contributed by atoms with van der Waals surface area (Å²) in [6, 6.07) is 50.1. The fraction of sp³-hybridized carbons (Fsp3) is 0.137. The molecule has 0 amide bonds. The third-order valence-corrected chi connectivity index (χ3v) is 15.9. The molecule has 0 spiro atoms. The maximum Gasteiger partial charge on any atom is 0.114 e. The molecule has 2 aliphatic carbocycles. The van der Waals surface area contributed by atoms with E-state index < -0.39 is 8.07 Å². The van der Waals surface area contributed by atoms with Gasteiger partial charge in [-0.15, -0.1) is 0 Å². The molecule has 0 N–H and O–H groups in total. The van der Waals surface area contributed by atoms with Crippen molar-refractivity contribution in [2.24, 2.45) is 0 Å². The van der Waals surface area contributed by atoms with Crippen LogP contribution >= 0.6 is 0 Å². The molecule has 54 heavy (non-hydrogen) atoms. The first kappa shape index (κ1) is 32.7. The topological polar surface area (TPSA) is 6.48 Å². The third kappa shape index (κ3) is 5.14. The van der Waals surface area contributed by atoms with Gasteiger partial charge in [0.1, 0.15) is 8.07 Å². The number of nitrogens with zero attached hydrogens (tertiary/aromatic N) is 2. The fourth-order valence-corrected chi connectivity index (χ4v) is 12.1. The van der Waals surface area contributed by atoms with E-state index in [9.17, 15) is 0 Å². The van der Waals surface area contributed by atoms with Gasteiger partial charge in [-0.3, -0.25) is 0 Å². The van der Waals surface area contributed by atoms with Crippen molar-refractivity contribution in [1.82, 2.24) is 0 Å². The summed E-state index contributed by atoms with van der Waals surface area (Å²) in [6.45, 7) is 9.72. The fourth-order valence-electron chi connectivity index (χ4n) is 9.34. The lowest BCUT2D eigenvalue weighted by molar-refractivity contribution is 0.660. The SMILES string of the molecule is CC1(C)c2cc(C=Cc3ccc(N4c5ccccc5[Si](C)(C)C5=CC4C=CC=C5)cc3)ccc2-c2ccc(N3c4ccccc4Cc4ccccc43)cc21. The van der Waals surface area contributed by atoms with Crippen molar-refractivity contribution in [3.63, 3.8) is 0 Å². The lowest BCUT2D eigenvalue weighted by Crippen LogP contribution is -2.44. The lowest BCUT2D eigenvalue weighted by atomic mass is 9.81. The monoisotopic (exact) mass is 712 g/mol. The Morgan fingerprint density at radius 2 is 1.20 bits per heavy atom. The average molecular weight is 713 g/mol. The van der Waals surface area contributed by atoms with Crippen LogP contribution in [0.25, 0.3) is 23.3 Å². The largest absolute Gasteiger partial charge is 0.331 e. The van der Waals surface area contributed by atoms with Crippen LogP contribution in [0.2, 0.25) is 13.1 Å². The summed E-state index contributed by atoms with van der Waals surface area (Å²) >= 11 is 0. The molecule has 262 valence electrons. The summed E-state index contributed by atoms with van der Waals surface area (Å²) in [7, 11) is -1.85. The predicted octanol–water partition coefficient (Wildman–Crippen LogP) is 12.6. The standard InChI is InChI=1S/C51H44N2Si/c1-51(2)45-31-36(22-21-35-23-26-39(27-24-35)52-40-15-7-8-16-42(33-40)54(3,4)50-20-12-11-19-49(50)52)25-29-43(45)44-30-28-41(34-46(44)51)53-47-17-9-5-13-37(47)32-38-14-6-10-18-48(38)53/h5-31,33-34,40H,32H2,1-4H3. The first-order valence-corrected chi connectivity index (χ1v) is 22.3. The second-order valence-corrected chi connectivity index (χ2v) is 20.6. The second kappa shape index (κ2) is 12.3. The molecule has 2 heterocycles. The van der Waals surface area contributed by atoms with Crippen molar-refractivity contribution < 1.29 is 0 Å².